The molecule has 2 N–H and O–H groups in total. The zero-order valence-corrected chi connectivity index (χ0v) is 9.35. The summed E-state index contributed by atoms with van der Waals surface area (Å²) in [6.45, 7) is 3.77. The Hall–Kier alpha value is -0.930. The molecule has 15 heavy (non-hydrogen) atoms. The largest absolute Gasteiger partial charge is 0.390 e. The molecule has 0 bridgehead atoms. The molecule has 0 aliphatic carbocycles. The van der Waals surface area contributed by atoms with E-state index in [2.05, 4.69) is 4.98 Å². The molecule has 0 aliphatic heterocycles. The van der Waals surface area contributed by atoms with Crippen LogP contribution in [0.15, 0.2) is 24.5 Å². The topological polar surface area (TPSA) is 53.4 Å². The van der Waals surface area contributed by atoms with E-state index in [1.165, 1.54) is 0 Å². The van der Waals surface area contributed by atoms with Crippen LogP contribution in [0.25, 0.3) is 0 Å². The van der Waals surface area contributed by atoms with E-state index in [9.17, 15) is 10.2 Å². The molecule has 0 aromatic carbocycles. The van der Waals surface area contributed by atoms with E-state index in [0.29, 0.717) is 19.3 Å². The van der Waals surface area contributed by atoms with Gasteiger partial charge in [0.2, 0.25) is 0 Å². The summed E-state index contributed by atoms with van der Waals surface area (Å²) in [7, 11) is 0. The number of aromatic nitrogens is 1. The fourth-order valence-corrected chi connectivity index (χ4v) is 1.65. The summed E-state index contributed by atoms with van der Waals surface area (Å²) < 4.78 is 0. The Bertz CT molecular complexity index is 283. The molecular formula is C12H19NO2. The van der Waals surface area contributed by atoms with E-state index < -0.39 is 11.7 Å². The van der Waals surface area contributed by atoms with Gasteiger partial charge in [-0.1, -0.05) is 19.9 Å². The molecule has 0 saturated heterocycles. The highest BCUT2D eigenvalue weighted by Gasteiger charge is 2.31. The minimum absolute atomic E-state index is 0.450. The van der Waals surface area contributed by atoms with Crippen LogP contribution in [0.2, 0.25) is 0 Å². The lowest BCUT2D eigenvalue weighted by molar-refractivity contribution is -0.0790. The van der Waals surface area contributed by atoms with Crippen molar-refractivity contribution in [2.45, 2.75) is 44.8 Å². The maximum absolute atomic E-state index is 10.1. The monoisotopic (exact) mass is 209 g/mol. The summed E-state index contributed by atoms with van der Waals surface area (Å²) in [5.41, 5.74) is -0.0270. The fraction of sp³-hybridized carbons (Fsp3) is 0.583. The highest BCUT2D eigenvalue weighted by atomic mass is 16.3. The molecule has 1 rings (SSSR count). The van der Waals surface area contributed by atoms with Gasteiger partial charge in [0.1, 0.15) is 0 Å². The molecule has 1 heterocycles. The average Bonchev–Trinajstić information content (AvgIpc) is 2.29. The molecule has 84 valence electrons. The minimum Gasteiger partial charge on any atom is -0.390 e. The van der Waals surface area contributed by atoms with Crippen LogP contribution < -0.4 is 0 Å². The maximum atomic E-state index is 10.1. The van der Waals surface area contributed by atoms with Crippen molar-refractivity contribution in [1.82, 2.24) is 4.98 Å². The van der Waals surface area contributed by atoms with Gasteiger partial charge in [0.05, 0.1) is 11.7 Å². The van der Waals surface area contributed by atoms with Crippen LogP contribution in [0.5, 0.6) is 0 Å². The normalized spacial score (nSPS) is 13.9. The van der Waals surface area contributed by atoms with E-state index in [-0.39, 0.29) is 0 Å². The lowest BCUT2D eigenvalue weighted by atomic mass is 9.87. The molecule has 1 unspecified atom stereocenters. The molecular weight excluding hydrogens is 190 g/mol. The van der Waals surface area contributed by atoms with Crippen LogP contribution in [0.4, 0.5) is 0 Å². The van der Waals surface area contributed by atoms with Gasteiger partial charge in [0.15, 0.2) is 0 Å². The van der Waals surface area contributed by atoms with Crippen LogP contribution in [-0.4, -0.2) is 26.9 Å². The van der Waals surface area contributed by atoms with Gasteiger partial charge in [-0.25, -0.2) is 0 Å². The second-order valence-electron chi connectivity index (χ2n) is 3.89. The molecule has 0 spiro atoms. The first-order valence-corrected chi connectivity index (χ1v) is 5.41. The standard InChI is InChI=1S/C12H19NO2/c1-3-12(15,4-2)11(14)8-10-6-5-7-13-9-10/h5-7,9,11,14-15H,3-4,8H2,1-2H3. The van der Waals surface area contributed by atoms with Crippen molar-refractivity contribution >= 4 is 0 Å². The van der Waals surface area contributed by atoms with Gasteiger partial charge in [-0.2, -0.15) is 0 Å². The molecule has 0 saturated carbocycles. The second-order valence-corrected chi connectivity index (χ2v) is 3.89. The second kappa shape index (κ2) is 5.24. The zero-order chi connectivity index (χ0) is 11.3. The smallest absolute Gasteiger partial charge is 0.0903 e. The first-order valence-electron chi connectivity index (χ1n) is 5.41. The molecule has 3 heteroatoms. The molecule has 0 fully saturated rings. The quantitative estimate of drug-likeness (QED) is 0.773. The lowest BCUT2D eigenvalue weighted by Gasteiger charge is -2.30. The summed E-state index contributed by atoms with van der Waals surface area (Å²) >= 11 is 0. The molecule has 1 atom stereocenters. The van der Waals surface area contributed by atoms with Crippen molar-refractivity contribution in [2.75, 3.05) is 0 Å². The Morgan fingerprint density at radius 3 is 2.53 bits per heavy atom. The number of aliphatic hydroxyl groups excluding tert-OH is 1. The number of pyridine rings is 1. The molecule has 1 aromatic rings. The van der Waals surface area contributed by atoms with Crippen LogP contribution in [-0.2, 0) is 6.42 Å². The van der Waals surface area contributed by atoms with E-state index in [1.54, 1.807) is 12.4 Å². The lowest BCUT2D eigenvalue weighted by Crippen LogP contribution is -2.42. The summed E-state index contributed by atoms with van der Waals surface area (Å²) in [6.07, 6.45) is 4.26. The summed E-state index contributed by atoms with van der Waals surface area (Å²) in [5, 5.41) is 20.0. The predicted octanol–water partition coefficient (Wildman–Crippen LogP) is 1.54. The highest BCUT2D eigenvalue weighted by Crippen LogP contribution is 2.22. The summed E-state index contributed by atoms with van der Waals surface area (Å²) in [6, 6.07) is 3.74. The molecule has 1 aromatic heterocycles. The Morgan fingerprint density at radius 1 is 1.40 bits per heavy atom. The first kappa shape index (κ1) is 12.1. The Kier molecular flexibility index (Phi) is 4.24. The van der Waals surface area contributed by atoms with Crippen molar-refractivity contribution in [3.05, 3.63) is 30.1 Å². The minimum atomic E-state index is -0.976. The van der Waals surface area contributed by atoms with Gasteiger partial charge in [0, 0.05) is 18.8 Å². The number of aliphatic hydroxyl groups is 2. The summed E-state index contributed by atoms with van der Waals surface area (Å²) in [4.78, 5) is 3.98. The van der Waals surface area contributed by atoms with Crippen LogP contribution in [0, 0.1) is 0 Å². The van der Waals surface area contributed by atoms with Crippen molar-refractivity contribution in [2.24, 2.45) is 0 Å². The molecule has 3 nitrogen and oxygen atoms in total. The third-order valence-electron chi connectivity index (χ3n) is 3.00. The average molecular weight is 209 g/mol. The molecule has 0 amide bonds. The van der Waals surface area contributed by atoms with Gasteiger partial charge in [-0.3, -0.25) is 4.98 Å². The SMILES string of the molecule is CCC(O)(CC)C(O)Cc1cccnc1. The van der Waals surface area contributed by atoms with Gasteiger partial charge >= 0.3 is 0 Å². The van der Waals surface area contributed by atoms with E-state index in [1.807, 2.05) is 26.0 Å². The Balaban J connectivity index is 2.66. The highest BCUT2D eigenvalue weighted by molar-refractivity contribution is 5.11. The van der Waals surface area contributed by atoms with Crippen LogP contribution in [0.3, 0.4) is 0 Å². The van der Waals surface area contributed by atoms with Gasteiger partial charge < -0.3 is 10.2 Å². The number of hydrogen-bond donors (Lipinski definition) is 2. The van der Waals surface area contributed by atoms with Crippen molar-refractivity contribution < 1.29 is 10.2 Å². The van der Waals surface area contributed by atoms with Gasteiger partial charge in [0.25, 0.3) is 0 Å². The maximum Gasteiger partial charge on any atom is 0.0903 e. The zero-order valence-electron chi connectivity index (χ0n) is 9.35. The van der Waals surface area contributed by atoms with Crippen LogP contribution >= 0.6 is 0 Å². The first-order chi connectivity index (χ1) is 7.12. The summed E-state index contributed by atoms with van der Waals surface area (Å²) in [5.74, 6) is 0. The fourth-order valence-electron chi connectivity index (χ4n) is 1.65. The number of rotatable bonds is 5. The third kappa shape index (κ3) is 3.01. The van der Waals surface area contributed by atoms with Gasteiger partial charge in [-0.05, 0) is 24.5 Å². The Labute approximate surface area is 90.8 Å². The van der Waals surface area contributed by atoms with Crippen molar-refractivity contribution in [3.63, 3.8) is 0 Å². The van der Waals surface area contributed by atoms with E-state index >= 15 is 0 Å². The Morgan fingerprint density at radius 2 is 2.07 bits per heavy atom. The van der Waals surface area contributed by atoms with Crippen LogP contribution in [0.1, 0.15) is 32.3 Å². The van der Waals surface area contributed by atoms with Crippen molar-refractivity contribution in [3.8, 4) is 0 Å². The van der Waals surface area contributed by atoms with Gasteiger partial charge in [-0.15, -0.1) is 0 Å². The number of hydrogen-bond acceptors (Lipinski definition) is 3. The third-order valence-corrected chi connectivity index (χ3v) is 3.00. The predicted molar refractivity (Wildman–Crippen MR) is 59.5 cm³/mol. The molecule has 0 radical (unpaired) electrons. The molecule has 0 aliphatic rings. The number of nitrogens with zero attached hydrogens (tertiary/aromatic N) is 1. The van der Waals surface area contributed by atoms with E-state index in [4.69, 9.17) is 0 Å². The van der Waals surface area contributed by atoms with E-state index in [0.717, 1.165) is 5.56 Å². The van der Waals surface area contributed by atoms with Crippen molar-refractivity contribution in [1.29, 1.82) is 0 Å².